The lowest BCUT2D eigenvalue weighted by Gasteiger charge is -2.24. The van der Waals surface area contributed by atoms with Gasteiger partial charge in [0.05, 0.1) is 0 Å². The molecule has 1 fully saturated rings. The number of ether oxygens (including phenoxy) is 1. The third-order valence-electron chi connectivity index (χ3n) is 2.77. The Hall–Kier alpha value is -0.570. The van der Waals surface area contributed by atoms with E-state index in [-0.39, 0.29) is 18.1 Å². The van der Waals surface area contributed by atoms with Crippen LogP contribution in [0.25, 0.3) is 0 Å². The maximum atomic E-state index is 11.7. The van der Waals surface area contributed by atoms with Crippen LogP contribution in [0.2, 0.25) is 0 Å². The Morgan fingerprint density at radius 2 is 1.80 bits per heavy atom. The molecule has 3 heteroatoms. The summed E-state index contributed by atoms with van der Waals surface area (Å²) in [5.74, 6) is -0.101. The summed E-state index contributed by atoms with van der Waals surface area (Å²) in [6.07, 6.45) is 5.94. The average Bonchev–Trinajstić information content (AvgIpc) is 2.18. The quantitative estimate of drug-likeness (QED) is 0.728. The minimum Gasteiger partial charge on any atom is -0.461 e. The maximum absolute atomic E-state index is 11.7. The zero-order chi connectivity index (χ0) is 11.3. The molecule has 1 aliphatic rings. The Morgan fingerprint density at radius 1 is 1.20 bits per heavy atom. The van der Waals surface area contributed by atoms with E-state index in [4.69, 9.17) is 4.74 Å². The van der Waals surface area contributed by atoms with Crippen molar-refractivity contribution in [2.24, 2.45) is 0 Å². The maximum Gasteiger partial charge on any atom is 0.323 e. The number of nitrogens with one attached hydrogen (secondary N) is 1. The van der Waals surface area contributed by atoms with Gasteiger partial charge in [0.1, 0.15) is 12.1 Å². The van der Waals surface area contributed by atoms with Gasteiger partial charge in [-0.25, -0.2) is 0 Å². The van der Waals surface area contributed by atoms with Gasteiger partial charge in [0, 0.05) is 6.04 Å². The molecule has 0 spiro atoms. The largest absolute Gasteiger partial charge is 0.461 e. The molecule has 88 valence electrons. The summed E-state index contributed by atoms with van der Waals surface area (Å²) < 4.78 is 5.45. The molecule has 1 N–H and O–H groups in total. The predicted molar refractivity (Wildman–Crippen MR) is 60.7 cm³/mol. The number of hydrogen-bond acceptors (Lipinski definition) is 3. The van der Waals surface area contributed by atoms with E-state index >= 15 is 0 Å². The predicted octanol–water partition coefficient (Wildman–Crippen LogP) is 2.25. The molecule has 0 saturated heterocycles. The van der Waals surface area contributed by atoms with Gasteiger partial charge in [0.15, 0.2) is 0 Å². The highest BCUT2D eigenvalue weighted by Crippen LogP contribution is 2.20. The molecule has 1 atom stereocenters. The van der Waals surface area contributed by atoms with E-state index in [1.807, 2.05) is 20.8 Å². The second-order valence-electron chi connectivity index (χ2n) is 4.74. The normalized spacial score (nSPS) is 20.3. The van der Waals surface area contributed by atoms with Crippen LogP contribution in [-0.2, 0) is 9.53 Å². The van der Waals surface area contributed by atoms with E-state index in [1.165, 1.54) is 19.3 Å². The molecule has 1 saturated carbocycles. The molecule has 0 aromatic carbocycles. The highest BCUT2D eigenvalue weighted by molar-refractivity contribution is 5.75. The van der Waals surface area contributed by atoms with Crippen molar-refractivity contribution in [1.29, 1.82) is 0 Å². The van der Waals surface area contributed by atoms with Crippen LogP contribution in [0.1, 0.15) is 52.9 Å². The van der Waals surface area contributed by atoms with Gasteiger partial charge in [-0.1, -0.05) is 20.3 Å². The zero-order valence-corrected chi connectivity index (χ0v) is 10.1. The van der Waals surface area contributed by atoms with Gasteiger partial charge in [0.25, 0.3) is 0 Å². The van der Waals surface area contributed by atoms with Crippen molar-refractivity contribution < 1.29 is 9.53 Å². The van der Waals surface area contributed by atoms with E-state index in [9.17, 15) is 4.79 Å². The van der Waals surface area contributed by atoms with Gasteiger partial charge in [-0.2, -0.15) is 0 Å². The fourth-order valence-electron chi connectivity index (χ4n) is 2.02. The lowest BCUT2D eigenvalue weighted by molar-refractivity contribution is -0.152. The Morgan fingerprint density at radius 3 is 2.33 bits per heavy atom. The first-order valence-electron chi connectivity index (χ1n) is 6.06. The number of carbonyl (C=O) groups is 1. The van der Waals surface area contributed by atoms with E-state index < -0.39 is 0 Å². The molecule has 0 aliphatic heterocycles. The number of hydrogen-bond donors (Lipinski definition) is 1. The molecule has 0 aromatic heterocycles. The second kappa shape index (κ2) is 6.11. The van der Waals surface area contributed by atoms with Crippen LogP contribution >= 0.6 is 0 Å². The van der Waals surface area contributed by atoms with Crippen LogP contribution in [-0.4, -0.2) is 24.2 Å². The molecule has 15 heavy (non-hydrogen) atoms. The SMILES string of the molecule is CC(C)N[C@@H](C)C(=O)OC1CCCCC1. The van der Waals surface area contributed by atoms with Crippen molar-refractivity contribution in [3.63, 3.8) is 0 Å². The van der Waals surface area contributed by atoms with Crippen molar-refractivity contribution in [2.45, 2.75) is 71.1 Å². The third-order valence-corrected chi connectivity index (χ3v) is 2.77. The van der Waals surface area contributed by atoms with Crippen molar-refractivity contribution in [3.8, 4) is 0 Å². The summed E-state index contributed by atoms with van der Waals surface area (Å²) in [7, 11) is 0. The van der Waals surface area contributed by atoms with Gasteiger partial charge in [-0.05, 0) is 32.6 Å². The lowest BCUT2D eigenvalue weighted by atomic mass is 9.98. The lowest BCUT2D eigenvalue weighted by Crippen LogP contribution is -2.41. The molecule has 0 aromatic rings. The van der Waals surface area contributed by atoms with Crippen LogP contribution in [0, 0.1) is 0 Å². The van der Waals surface area contributed by atoms with E-state index in [0.29, 0.717) is 6.04 Å². The fourth-order valence-corrected chi connectivity index (χ4v) is 2.02. The zero-order valence-electron chi connectivity index (χ0n) is 10.1. The van der Waals surface area contributed by atoms with Crippen molar-refractivity contribution in [3.05, 3.63) is 0 Å². The molecule has 3 nitrogen and oxygen atoms in total. The van der Waals surface area contributed by atoms with Gasteiger partial charge < -0.3 is 10.1 Å². The monoisotopic (exact) mass is 213 g/mol. The summed E-state index contributed by atoms with van der Waals surface area (Å²) in [5.41, 5.74) is 0. The summed E-state index contributed by atoms with van der Waals surface area (Å²) in [5, 5.41) is 3.16. The molecular weight excluding hydrogens is 190 g/mol. The van der Waals surface area contributed by atoms with Crippen LogP contribution in [0.5, 0.6) is 0 Å². The minimum atomic E-state index is -0.188. The Balaban J connectivity index is 2.27. The molecule has 0 heterocycles. The first-order valence-corrected chi connectivity index (χ1v) is 6.06. The number of carbonyl (C=O) groups excluding carboxylic acids is 1. The first-order chi connectivity index (χ1) is 7.09. The van der Waals surface area contributed by atoms with Gasteiger partial charge in [-0.15, -0.1) is 0 Å². The number of rotatable bonds is 4. The molecular formula is C12H23NO2. The van der Waals surface area contributed by atoms with E-state index in [0.717, 1.165) is 12.8 Å². The Bertz CT molecular complexity index is 198. The minimum absolute atomic E-state index is 0.101. The number of esters is 1. The molecule has 1 rings (SSSR count). The van der Waals surface area contributed by atoms with Crippen LogP contribution in [0.4, 0.5) is 0 Å². The van der Waals surface area contributed by atoms with Gasteiger partial charge >= 0.3 is 5.97 Å². The van der Waals surface area contributed by atoms with Crippen molar-refractivity contribution >= 4 is 5.97 Å². The van der Waals surface area contributed by atoms with E-state index in [2.05, 4.69) is 5.32 Å². The molecule has 1 aliphatic carbocycles. The summed E-state index contributed by atoms with van der Waals surface area (Å²) in [6.45, 7) is 5.93. The average molecular weight is 213 g/mol. The van der Waals surface area contributed by atoms with Crippen molar-refractivity contribution in [2.75, 3.05) is 0 Å². The van der Waals surface area contributed by atoms with Gasteiger partial charge in [-0.3, -0.25) is 4.79 Å². The van der Waals surface area contributed by atoms with E-state index in [1.54, 1.807) is 0 Å². The molecule has 0 amide bonds. The Labute approximate surface area is 92.6 Å². The molecule has 0 bridgehead atoms. The summed E-state index contributed by atoms with van der Waals surface area (Å²) in [4.78, 5) is 11.7. The molecule has 0 unspecified atom stereocenters. The first kappa shape index (κ1) is 12.5. The van der Waals surface area contributed by atoms with Gasteiger partial charge in [0.2, 0.25) is 0 Å². The van der Waals surface area contributed by atoms with Crippen LogP contribution in [0.15, 0.2) is 0 Å². The standard InChI is InChI=1S/C12H23NO2/c1-9(2)13-10(3)12(14)15-11-7-5-4-6-8-11/h9-11,13H,4-8H2,1-3H3/t10-/m0/s1. The summed E-state index contributed by atoms with van der Waals surface area (Å²) in [6, 6.07) is 0.130. The van der Waals surface area contributed by atoms with Crippen molar-refractivity contribution in [1.82, 2.24) is 5.32 Å². The topological polar surface area (TPSA) is 38.3 Å². The van der Waals surface area contributed by atoms with Crippen LogP contribution in [0.3, 0.4) is 0 Å². The second-order valence-corrected chi connectivity index (χ2v) is 4.74. The van der Waals surface area contributed by atoms with Crippen LogP contribution < -0.4 is 5.32 Å². The fraction of sp³-hybridized carbons (Fsp3) is 0.917. The Kier molecular flexibility index (Phi) is 5.09. The summed E-state index contributed by atoms with van der Waals surface area (Å²) >= 11 is 0. The smallest absolute Gasteiger partial charge is 0.323 e. The third kappa shape index (κ3) is 4.65. The highest BCUT2D eigenvalue weighted by atomic mass is 16.5. The molecule has 0 radical (unpaired) electrons. The highest BCUT2D eigenvalue weighted by Gasteiger charge is 2.21.